The number of nitrogens with zero attached hydrogens (tertiary/aromatic N) is 1. The molecule has 0 bridgehead atoms. The molecule has 0 spiro atoms. The van der Waals surface area contributed by atoms with Crippen LogP contribution in [0.3, 0.4) is 0 Å². The molecule has 2 amide bonds. The molecule has 1 heterocycles. The van der Waals surface area contributed by atoms with Gasteiger partial charge >= 0.3 is 0 Å². The lowest BCUT2D eigenvalue weighted by Gasteiger charge is -2.22. The molecule has 1 rings (SSSR count). The summed E-state index contributed by atoms with van der Waals surface area (Å²) >= 11 is 0. The molecule has 1 saturated heterocycles. The van der Waals surface area contributed by atoms with Crippen molar-refractivity contribution in [2.75, 3.05) is 13.1 Å². The third kappa shape index (κ3) is 13.2. The predicted octanol–water partition coefficient (Wildman–Crippen LogP) is 5.34. The van der Waals surface area contributed by atoms with Crippen molar-refractivity contribution in [1.29, 1.82) is 0 Å². The Morgan fingerprint density at radius 2 is 0.962 bits per heavy atom. The Hall–Kier alpha value is -1.06. The van der Waals surface area contributed by atoms with Crippen LogP contribution in [0.2, 0.25) is 0 Å². The lowest BCUT2D eigenvalue weighted by molar-refractivity contribution is -0.131. The van der Waals surface area contributed by atoms with E-state index in [1.165, 1.54) is 83.5 Å². The second-order valence-electron chi connectivity index (χ2n) is 8.00. The van der Waals surface area contributed by atoms with Crippen molar-refractivity contribution in [3.63, 3.8) is 0 Å². The number of hydrogen-bond donors (Lipinski definition) is 1. The molecule has 0 aromatic rings. The van der Waals surface area contributed by atoms with Crippen LogP contribution in [0.1, 0.15) is 116 Å². The van der Waals surface area contributed by atoms with Crippen molar-refractivity contribution < 1.29 is 9.59 Å². The largest absolute Gasteiger partial charge is 0.370 e. The minimum Gasteiger partial charge on any atom is -0.370 e. The normalized spacial score (nSPS) is 16.8. The average Bonchev–Trinajstić information content (AvgIpc) is 2.68. The number of carbonyl (C=O) groups excluding carboxylic acids is 2. The van der Waals surface area contributed by atoms with Crippen molar-refractivity contribution in [1.82, 2.24) is 4.90 Å². The molecule has 0 unspecified atom stereocenters. The third-order valence-corrected chi connectivity index (χ3v) is 5.52. The smallest absolute Gasteiger partial charge is 0.222 e. The molecule has 0 aliphatic carbocycles. The second kappa shape index (κ2) is 16.1. The average molecular weight is 367 g/mol. The molecule has 0 atom stereocenters. The number of rotatable bonds is 11. The Labute approximate surface area is 161 Å². The zero-order valence-electron chi connectivity index (χ0n) is 17.0. The van der Waals surface area contributed by atoms with E-state index < -0.39 is 0 Å². The molecule has 0 aromatic carbocycles. The van der Waals surface area contributed by atoms with Crippen LogP contribution < -0.4 is 5.73 Å². The summed E-state index contributed by atoms with van der Waals surface area (Å²) in [6, 6.07) is 0. The van der Waals surface area contributed by atoms with Gasteiger partial charge in [-0.2, -0.15) is 0 Å². The molecule has 26 heavy (non-hydrogen) atoms. The first-order chi connectivity index (χ1) is 12.7. The summed E-state index contributed by atoms with van der Waals surface area (Å²) < 4.78 is 0. The summed E-state index contributed by atoms with van der Waals surface area (Å²) in [6.07, 6.45) is 20.8. The number of amides is 2. The van der Waals surface area contributed by atoms with Crippen molar-refractivity contribution in [3.05, 3.63) is 0 Å². The van der Waals surface area contributed by atoms with E-state index in [4.69, 9.17) is 5.73 Å². The summed E-state index contributed by atoms with van der Waals surface area (Å²) in [7, 11) is 0. The van der Waals surface area contributed by atoms with Gasteiger partial charge in [-0.05, 0) is 25.7 Å². The quantitative estimate of drug-likeness (QED) is 0.502. The summed E-state index contributed by atoms with van der Waals surface area (Å²) in [5.74, 6) is 0.201. The highest BCUT2D eigenvalue weighted by Crippen LogP contribution is 2.15. The zero-order chi connectivity index (χ0) is 18.9. The Balaban J connectivity index is 2.02. The number of nitrogens with two attached hydrogens (primary N) is 1. The van der Waals surface area contributed by atoms with E-state index >= 15 is 0 Å². The van der Waals surface area contributed by atoms with E-state index in [1.807, 2.05) is 0 Å². The van der Waals surface area contributed by atoms with Gasteiger partial charge in [0.1, 0.15) is 0 Å². The van der Waals surface area contributed by atoms with Crippen molar-refractivity contribution >= 4 is 11.8 Å². The van der Waals surface area contributed by atoms with Gasteiger partial charge in [0.25, 0.3) is 0 Å². The molecular weight excluding hydrogens is 324 g/mol. The first-order valence-electron chi connectivity index (χ1n) is 11.3. The van der Waals surface area contributed by atoms with E-state index in [2.05, 4.69) is 4.90 Å². The monoisotopic (exact) mass is 366 g/mol. The van der Waals surface area contributed by atoms with Gasteiger partial charge in [0.05, 0.1) is 0 Å². The Kier molecular flexibility index (Phi) is 14.3. The van der Waals surface area contributed by atoms with Crippen molar-refractivity contribution in [3.8, 4) is 0 Å². The van der Waals surface area contributed by atoms with Crippen LogP contribution in [0.15, 0.2) is 0 Å². The maximum atomic E-state index is 12.5. The standard InChI is InChI=1S/C22H42N2O2/c23-21(25)17-13-9-5-1-2-6-10-14-18-22(26)24-19-15-11-7-3-4-8-12-16-20-24/h1-20H2,(H2,23,25). The highest BCUT2D eigenvalue weighted by molar-refractivity contribution is 5.76. The van der Waals surface area contributed by atoms with Gasteiger partial charge < -0.3 is 10.6 Å². The molecule has 0 aromatic heterocycles. The van der Waals surface area contributed by atoms with E-state index in [1.54, 1.807) is 0 Å². The molecule has 152 valence electrons. The first kappa shape index (κ1) is 23.0. The number of unbranched alkanes of at least 4 members (excludes halogenated alkanes) is 7. The Morgan fingerprint density at radius 3 is 1.42 bits per heavy atom. The van der Waals surface area contributed by atoms with Gasteiger partial charge in [0.15, 0.2) is 0 Å². The number of hydrogen-bond acceptors (Lipinski definition) is 2. The molecule has 2 N–H and O–H groups in total. The van der Waals surface area contributed by atoms with Gasteiger partial charge in [0.2, 0.25) is 11.8 Å². The first-order valence-corrected chi connectivity index (χ1v) is 11.3. The van der Waals surface area contributed by atoms with Crippen LogP contribution in [0.25, 0.3) is 0 Å². The van der Waals surface area contributed by atoms with Crippen LogP contribution in [-0.2, 0) is 9.59 Å². The zero-order valence-corrected chi connectivity index (χ0v) is 17.0. The molecule has 0 radical (unpaired) electrons. The Morgan fingerprint density at radius 1 is 0.577 bits per heavy atom. The van der Waals surface area contributed by atoms with Gasteiger partial charge in [-0.15, -0.1) is 0 Å². The van der Waals surface area contributed by atoms with Crippen LogP contribution in [0.5, 0.6) is 0 Å². The van der Waals surface area contributed by atoms with Gasteiger partial charge in [-0.3, -0.25) is 9.59 Å². The summed E-state index contributed by atoms with van der Waals surface area (Å²) in [5, 5.41) is 0. The maximum Gasteiger partial charge on any atom is 0.222 e. The van der Waals surface area contributed by atoms with Crippen LogP contribution in [-0.4, -0.2) is 29.8 Å². The van der Waals surface area contributed by atoms with Crippen molar-refractivity contribution in [2.45, 2.75) is 116 Å². The molecule has 0 saturated carbocycles. The predicted molar refractivity (Wildman–Crippen MR) is 109 cm³/mol. The minimum absolute atomic E-state index is 0.184. The van der Waals surface area contributed by atoms with E-state index in [0.717, 1.165) is 38.8 Å². The van der Waals surface area contributed by atoms with Crippen LogP contribution in [0.4, 0.5) is 0 Å². The van der Waals surface area contributed by atoms with E-state index in [9.17, 15) is 9.59 Å². The van der Waals surface area contributed by atoms with Crippen LogP contribution in [0, 0.1) is 0 Å². The number of carbonyl (C=O) groups is 2. The van der Waals surface area contributed by atoms with E-state index in [0.29, 0.717) is 12.3 Å². The third-order valence-electron chi connectivity index (χ3n) is 5.52. The number of primary amides is 1. The second-order valence-corrected chi connectivity index (χ2v) is 8.00. The molecule has 4 nitrogen and oxygen atoms in total. The molecule has 1 aliphatic rings. The Bertz CT molecular complexity index is 359. The maximum absolute atomic E-state index is 12.5. The lowest BCUT2D eigenvalue weighted by atomic mass is 10.1. The van der Waals surface area contributed by atoms with Gasteiger partial charge in [-0.1, -0.05) is 77.0 Å². The van der Waals surface area contributed by atoms with Crippen molar-refractivity contribution in [2.24, 2.45) is 5.73 Å². The molecule has 1 aliphatic heterocycles. The summed E-state index contributed by atoms with van der Waals surface area (Å²) in [5.41, 5.74) is 5.13. The fraction of sp³-hybridized carbons (Fsp3) is 0.909. The fourth-order valence-electron chi connectivity index (χ4n) is 3.82. The topological polar surface area (TPSA) is 63.4 Å². The highest BCUT2D eigenvalue weighted by atomic mass is 16.2. The SMILES string of the molecule is NC(=O)CCCCCCCCCCC(=O)N1CCCCCCCCCC1. The fourth-order valence-corrected chi connectivity index (χ4v) is 3.82. The lowest BCUT2D eigenvalue weighted by Crippen LogP contribution is -2.32. The molecule has 1 fully saturated rings. The minimum atomic E-state index is -0.184. The van der Waals surface area contributed by atoms with Gasteiger partial charge in [0, 0.05) is 25.9 Å². The van der Waals surface area contributed by atoms with E-state index in [-0.39, 0.29) is 5.91 Å². The van der Waals surface area contributed by atoms with Gasteiger partial charge in [-0.25, -0.2) is 0 Å². The highest BCUT2D eigenvalue weighted by Gasteiger charge is 2.13. The summed E-state index contributed by atoms with van der Waals surface area (Å²) in [4.78, 5) is 25.3. The molecular formula is C22H42N2O2. The molecule has 4 heteroatoms. The van der Waals surface area contributed by atoms with Crippen LogP contribution >= 0.6 is 0 Å². The summed E-state index contributed by atoms with van der Waals surface area (Å²) in [6.45, 7) is 1.95.